The molecule has 0 unspecified atom stereocenters. The van der Waals surface area contributed by atoms with Crippen LogP contribution in [0.25, 0.3) is 6.08 Å². The van der Waals surface area contributed by atoms with Crippen molar-refractivity contribution in [1.29, 1.82) is 0 Å². The molecular formula is C23H28N4O3S. The normalized spacial score (nSPS) is 15.4. The van der Waals surface area contributed by atoms with Gasteiger partial charge in [-0.15, -0.1) is 11.3 Å². The van der Waals surface area contributed by atoms with Crippen LogP contribution in [0.1, 0.15) is 51.6 Å². The molecule has 1 saturated carbocycles. The Morgan fingerprint density at radius 3 is 2.52 bits per heavy atom. The second kappa shape index (κ2) is 10.3. The average Bonchev–Trinajstić information content (AvgIpc) is 3.22. The molecule has 1 aliphatic rings. The van der Waals surface area contributed by atoms with E-state index in [1.54, 1.807) is 11.5 Å². The first-order valence-corrected chi connectivity index (χ1v) is 11.4. The number of benzene rings is 1. The standard InChI is InChI=1S/C23H28N4O3S/c1-3-24-21(30)23(14-8-5-9-15-23)26-20(29)13-12-18-16-31-22(25-18)27(17(2)28)19-10-6-4-7-11-19/h4,6-7,10-13,16H,3,5,8-9,14-15H2,1-2H3,(H,24,30)(H,26,29)/b13-12+. The second-order valence-electron chi connectivity index (χ2n) is 7.57. The van der Waals surface area contributed by atoms with Crippen LogP contribution in [0.5, 0.6) is 0 Å². The quantitative estimate of drug-likeness (QED) is 0.641. The van der Waals surface area contributed by atoms with Crippen molar-refractivity contribution >= 4 is 46.0 Å². The smallest absolute Gasteiger partial charge is 0.245 e. The molecule has 0 radical (unpaired) electrons. The zero-order valence-electron chi connectivity index (χ0n) is 17.9. The molecule has 0 spiro atoms. The van der Waals surface area contributed by atoms with Crippen LogP contribution in [-0.4, -0.2) is 34.8 Å². The van der Waals surface area contributed by atoms with Crippen molar-refractivity contribution in [3.63, 3.8) is 0 Å². The summed E-state index contributed by atoms with van der Waals surface area (Å²) in [6.45, 7) is 3.89. The van der Waals surface area contributed by atoms with E-state index in [-0.39, 0.29) is 17.7 Å². The summed E-state index contributed by atoms with van der Waals surface area (Å²) in [6, 6.07) is 9.30. The van der Waals surface area contributed by atoms with Gasteiger partial charge in [-0.2, -0.15) is 0 Å². The summed E-state index contributed by atoms with van der Waals surface area (Å²) in [6.07, 6.45) is 7.19. The molecule has 7 nitrogen and oxygen atoms in total. The van der Waals surface area contributed by atoms with E-state index in [2.05, 4.69) is 15.6 Å². The third-order valence-electron chi connectivity index (χ3n) is 5.28. The van der Waals surface area contributed by atoms with Gasteiger partial charge in [0.25, 0.3) is 0 Å². The van der Waals surface area contributed by atoms with Crippen molar-refractivity contribution in [3.05, 3.63) is 47.5 Å². The second-order valence-corrected chi connectivity index (χ2v) is 8.41. The van der Waals surface area contributed by atoms with Crippen molar-refractivity contribution < 1.29 is 14.4 Å². The van der Waals surface area contributed by atoms with Crippen molar-refractivity contribution in [3.8, 4) is 0 Å². The Labute approximate surface area is 186 Å². The zero-order valence-corrected chi connectivity index (χ0v) is 18.7. The molecule has 31 heavy (non-hydrogen) atoms. The minimum Gasteiger partial charge on any atom is -0.354 e. The minimum atomic E-state index is -0.846. The fourth-order valence-corrected chi connectivity index (χ4v) is 4.65. The Balaban J connectivity index is 1.72. The first kappa shape index (κ1) is 22.7. The van der Waals surface area contributed by atoms with Crippen molar-refractivity contribution in [1.82, 2.24) is 15.6 Å². The summed E-state index contributed by atoms with van der Waals surface area (Å²) in [5.74, 6) is -0.587. The number of carbonyl (C=O) groups is 3. The number of likely N-dealkylation sites (N-methyl/N-ethyl adjacent to an activating group) is 1. The summed E-state index contributed by atoms with van der Waals surface area (Å²) in [5.41, 5.74) is 0.466. The number of aromatic nitrogens is 1. The lowest BCUT2D eigenvalue weighted by molar-refractivity contribution is -0.133. The molecule has 8 heteroatoms. The summed E-state index contributed by atoms with van der Waals surface area (Å²) in [7, 11) is 0. The predicted octanol–water partition coefficient (Wildman–Crippen LogP) is 3.80. The van der Waals surface area contributed by atoms with E-state index >= 15 is 0 Å². The molecule has 1 aromatic carbocycles. The van der Waals surface area contributed by atoms with Gasteiger partial charge in [0, 0.05) is 24.9 Å². The number of nitrogens with zero attached hydrogens (tertiary/aromatic N) is 2. The molecule has 0 atom stereocenters. The van der Waals surface area contributed by atoms with Gasteiger partial charge < -0.3 is 10.6 Å². The zero-order chi connectivity index (χ0) is 22.3. The number of hydrogen-bond donors (Lipinski definition) is 2. The number of carbonyl (C=O) groups excluding carboxylic acids is 3. The van der Waals surface area contributed by atoms with E-state index in [0.29, 0.717) is 30.2 Å². The highest BCUT2D eigenvalue weighted by molar-refractivity contribution is 7.14. The Bertz CT molecular complexity index is 949. The fourth-order valence-electron chi connectivity index (χ4n) is 3.79. The van der Waals surface area contributed by atoms with Gasteiger partial charge >= 0.3 is 0 Å². The lowest BCUT2D eigenvalue weighted by Crippen LogP contribution is -2.59. The summed E-state index contributed by atoms with van der Waals surface area (Å²) >= 11 is 1.33. The summed E-state index contributed by atoms with van der Waals surface area (Å²) in [4.78, 5) is 43.4. The molecule has 1 heterocycles. The number of anilines is 2. The fraction of sp³-hybridized carbons (Fsp3) is 0.391. The van der Waals surface area contributed by atoms with Crippen LogP contribution in [0, 0.1) is 0 Å². The van der Waals surface area contributed by atoms with Gasteiger partial charge in [0.15, 0.2) is 5.13 Å². The molecule has 0 bridgehead atoms. The maximum atomic E-state index is 12.6. The molecule has 1 aliphatic carbocycles. The Hall–Kier alpha value is -3.00. The van der Waals surface area contributed by atoms with E-state index in [9.17, 15) is 14.4 Å². The van der Waals surface area contributed by atoms with Crippen molar-refractivity contribution in [2.45, 2.75) is 51.5 Å². The number of thiazole rings is 1. The number of nitrogens with one attached hydrogen (secondary N) is 2. The number of para-hydroxylation sites is 1. The van der Waals surface area contributed by atoms with Gasteiger partial charge in [0.1, 0.15) is 5.54 Å². The van der Waals surface area contributed by atoms with Crippen LogP contribution < -0.4 is 15.5 Å². The first-order chi connectivity index (χ1) is 14.9. The highest BCUT2D eigenvalue weighted by Gasteiger charge is 2.40. The van der Waals surface area contributed by atoms with Crippen LogP contribution in [0.2, 0.25) is 0 Å². The molecule has 0 aliphatic heterocycles. The molecule has 3 rings (SSSR count). The molecule has 0 saturated heterocycles. The highest BCUT2D eigenvalue weighted by atomic mass is 32.1. The van der Waals surface area contributed by atoms with Gasteiger partial charge in [0.2, 0.25) is 17.7 Å². The van der Waals surface area contributed by atoms with Gasteiger partial charge in [0.05, 0.1) is 11.4 Å². The van der Waals surface area contributed by atoms with E-state index in [1.807, 2.05) is 37.3 Å². The Morgan fingerprint density at radius 2 is 1.87 bits per heavy atom. The number of amides is 3. The van der Waals surface area contributed by atoms with Crippen LogP contribution in [0.4, 0.5) is 10.8 Å². The summed E-state index contributed by atoms with van der Waals surface area (Å²) < 4.78 is 0. The number of hydrogen-bond acceptors (Lipinski definition) is 5. The van der Waals surface area contributed by atoms with Gasteiger partial charge in [-0.05, 0) is 38.0 Å². The van der Waals surface area contributed by atoms with Gasteiger partial charge in [-0.25, -0.2) is 4.98 Å². The van der Waals surface area contributed by atoms with E-state index in [4.69, 9.17) is 0 Å². The van der Waals surface area contributed by atoms with E-state index in [1.165, 1.54) is 29.2 Å². The SMILES string of the molecule is CCNC(=O)C1(NC(=O)/C=C/c2csc(N(C(C)=O)c3ccccc3)n2)CCCCC1. The topological polar surface area (TPSA) is 91.4 Å². The monoisotopic (exact) mass is 440 g/mol. The van der Waals surface area contributed by atoms with E-state index < -0.39 is 5.54 Å². The first-order valence-electron chi connectivity index (χ1n) is 10.5. The molecular weight excluding hydrogens is 412 g/mol. The third-order valence-corrected chi connectivity index (χ3v) is 6.12. The summed E-state index contributed by atoms with van der Waals surface area (Å²) in [5, 5.41) is 8.11. The third kappa shape index (κ3) is 5.58. The van der Waals surface area contributed by atoms with Crippen molar-refractivity contribution in [2.24, 2.45) is 0 Å². The molecule has 1 fully saturated rings. The Kier molecular flexibility index (Phi) is 7.57. The average molecular weight is 441 g/mol. The molecule has 3 amide bonds. The molecule has 2 aromatic rings. The van der Waals surface area contributed by atoms with Crippen LogP contribution >= 0.6 is 11.3 Å². The van der Waals surface area contributed by atoms with E-state index in [0.717, 1.165) is 24.9 Å². The molecule has 2 N–H and O–H groups in total. The maximum absolute atomic E-state index is 12.6. The van der Waals surface area contributed by atoms with Crippen LogP contribution in [0.3, 0.4) is 0 Å². The molecule has 164 valence electrons. The van der Waals surface area contributed by atoms with Crippen LogP contribution in [-0.2, 0) is 14.4 Å². The van der Waals surface area contributed by atoms with Gasteiger partial charge in [-0.1, -0.05) is 37.5 Å². The lowest BCUT2D eigenvalue weighted by Gasteiger charge is -2.36. The number of rotatable bonds is 7. The lowest BCUT2D eigenvalue weighted by atomic mass is 9.80. The highest BCUT2D eigenvalue weighted by Crippen LogP contribution is 2.30. The maximum Gasteiger partial charge on any atom is 0.245 e. The van der Waals surface area contributed by atoms with Crippen molar-refractivity contribution in [2.75, 3.05) is 11.4 Å². The Morgan fingerprint density at radius 1 is 1.16 bits per heavy atom. The molecule has 1 aromatic heterocycles. The largest absolute Gasteiger partial charge is 0.354 e. The predicted molar refractivity (Wildman–Crippen MR) is 123 cm³/mol. The van der Waals surface area contributed by atoms with Crippen LogP contribution in [0.15, 0.2) is 41.8 Å². The minimum absolute atomic E-state index is 0.118. The van der Waals surface area contributed by atoms with Gasteiger partial charge in [-0.3, -0.25) is 19.3 Å².